The molecule has 0 bridgehead atoms. The summed E-state index contributed by atoms with van der Waals surface area (Å²) in [6.45, 7) is 1.55. The second-order valence-corrected chi connectivity index (χ2v) is 8.34. The van der Waals surface area contributed by atoms with Crippen LogP contribution in [0, 0.1) is 6.92 Å². The van der Waals surface area contributed by atoms with Gasteiger partial charge in [0.15, 0.2) is 6.61 Å². The molecule has 0 fully saturated rings. The topological polar surface area (TPSA) is 68.3 Å². The quantitative estimate of drug-likeness (QED) is 0.490. The maximum Gasteiger partial charge on any atom is 0.310 e. The number of halogens is 1. The molecule has 0 atom stereocenters. The highest BCUT2D eigenvalue weighted by Gasteiger charge is 2.09. The van der Waals surface area contributed by atoms with Crippen molar-refractivity contribution >= 4 is 45.3 Å². The summed E-state index contributed by atoms with van der Waals surface area (Å²) in [5.41, 5.74) is 2.27. The second-order valence-electron chi connectivity index (χ2n) is 6.27. The molecule has 0 radical (unpaired) electrons. The maximum absolute atomic E-state index is 12.0. The molecule has 0 spiro atoms. The van der Waals surface area contributed by atoms with Gasteiger partial charge in [-0.2, -0.15) is 0 Å². The molecule has 1 N–H and O–H groups in total. The number of carbonyl (C=O) groups excluding carboxylic acids is 2. The fourth-order valence-corrected chi connectivity index (χ4v) is 3.49. The molecule has 29 heavy (non-hydrogen) atoms. The van der Waals surface area contributed by atoms with Crippen molar-refractivity contribution in [1.82, 2.24) is 4.98 Å². The molecule has 1 aromatic heterocycles. The first-order valence-electron chi connectivity index (χ1n) is 8.88. The van der Waals surface area contributed by atoms with Gasteiger partial charge in [0.25, 0.3) is 5.91 Å². The Balaban J connectivity index is 1.44. The number of rotatable bonds is 7. The van der Waals surface area contributed by atoms with E-state index in [0.717, 1.165) is 25.5 Å². The lowest BCUT2D eigenvalue weighted by atomic mass is 10.2. The van der Waals surface area contributed by atoms with Crippen molar-refractivity contribution in [3.8, 4) is 0 Å². The number of benzene rings is 2. The number of esters is 1. The number of aryl methyl sites for hydroxylation is 1. The largest absolute Gasteiger partial charge is 0.455 e. The molecule has 5 nitrogen and oxygen atoms in total. The van der Waals surface area contributed by atoms with Crippen LogP contribution in [0.1, 0.15) is 11.3 Å². The van der Waals surface area contributed by atoms with E-state index in [-0.39, 0.29) is 18.9 Å². The molecular formula is C22H19BrN2O3S. The average Bonchev–Trinajstić information content (AvgIpc) is 2.71. The van der Waals surface area contributed by atoms with E-state index in [1.54, 1.807) is 18.0 Å². The molecule has 7 heteroatoms. The third-order valence-corrected chi connectivity index (χ3v) is 5.42. The number of hydrogen-bond donors (Lipinski definition) is 1. The van der Waals surface area contributed by atoms with Gasteiger partial charge < -0.3 is 10.1 Å². The van der Waals surface area contributed by atoms with Gasteiger partial charge in [-0.3, -0.25) is 14.6 Å². The Bertz CT molecular complexity index is 974. The Morgan fingerprint density at radius 1 is 1.00 bits per heavy atom. The minimum Gasteiger partial charge on any atom is -0.455 e. The zero-order valence-corrected chi connectivity index (χ0v) is 18.1. The first kappa shape index (κ1) is 21.1. The van der Waals surface area contributed by atoms with Gasteiger partial charge in [0, 0.05) is 31.8 Å². The number of anilines is 1. The van der Waals surface area contributed by atoms with Crippen LogP contribution in [0.4, 0.5) is 5.69 Å². The maximum atomic E-state index is 12.0. The Morgan fingerprint density at radius 3 is 2.28 bits per heavy atom. The number of aromatic nitrogens is 1. The normalized spacial score (nSPS) is 10.4. The van der Waals surface area contributed by atoms with Crippen molar-refractivity contribution in [2.45, 2.75) is 23.1 Å². The Labute approximate surface area is 182 Å². The van der Waals surface area contributed by atoms with E-state index in [2.05, 4.69) is 26.2 Å². The van der Waals surface area contributed by atoms with Gasteiger partial charge in [-0.1, -0.05) is 33.8 Å². The third-order valence-electron chi connectivity index (χ3n) is 3.87. The van der Waals surface area contributed by atoms with Crippen LogP contribution in [-0.2, 0) is 20.7 Å². The van der Waals surface area contributed by atoms with Crippen LogP contribution in [0.25, 0.3) is 0 Å². The van der Waals surface area contributed by atoms with Crippen molar-refractivity contribution in [3.05, 3.63) is 82.6 Å². The van der Waals surface area contributed by atoms with Gasteiger partial charge in [0.05, 0.1) is 6.42 Å². The highest BCUT2D eigenvalue weighted by atomic mass is 79.9. The van der Waals surface area contributed by atoms with Gasteiger partial charge in [0.2, 0.25) is 0 Å². The number of hydrogen-bond acceptors (Lipinski definition) is 5. The van der Waals surface area contributed by atoms with Crippen molar-refractivity contribution in [3.63, 3.8) is 0 Å². The van der Waals surface area contributed by atoms with Gasteiger partial charge in [-0.15, -0.1) is 0 Å². The standard InChI is InChI=1S/C22H19BrN2O3S/c1-15-2-3-16(13-24-15)12-22(27)28-14-21(26)25-18-6-10-20(11-7-18)29-19-8-4-17(23)5-9-19/h2-11,13H,12,14H2,1H3,(H,25,26). The minimum absolute atomic E-state index is 0.0859. The van der Waals surface area contributed by atoms with E-state index in [1.165, 1.54) is 0 Å². The van der Waals surface area contributed by atoms with Crippen LogP contribution in [-0.4, -0.2) is 23.5 Å². The monoisotopic (exact) mass is 470 g/mol. The third kappa shape index (κ3) is 7.03. The molecule has 1 heterocycles. The summed E-state index contributed by atoms with van der Waals surface area (Å²) in [5, 5.41) is 2.72. The fraction of sp³-hybridized carbons (Fsp3) is 0.136. The molecule has 0 unspecified atom stereocenters. The number of ether oxygens (including phenoxy) is 1. The van der Waals surface area contributed by atoms with Crippen LogP contribution in [0.5, 0.6) is 0 Å². The van der Waals surface area contributed by atoms with Gasteiger partial charge in [0.1, 0.15) is 0 Å². The highest BCUT2D eigenvalue weighted by Crippen LogP contribution is 2.29. The molecule has 2 aromatic carbocycles. The summed E-state index contributed by atoms with van der Waals surface area (Å²) >= 11 is 5.05. The van der Waals surface area contributed by atoms with Crippen molar-refractivity contribution < 1.29 is 14.3 Å². The Hall–Kier alpha value is -2.64. The highest BCUT2D eigenvalue weighted by molar-refractivity contribution is 9.10. The van der Waals surface area contributed by atoms with Crippen molar-refractivity contribution in [2.75, 3.05) is 11.9 Å². The smallest absolute Gasteiger partial charge is 0.310 e. The summed E-state index contributed by atoms with van der Waals surface area (Å²) in [4.78, 5) is 30.2. The zero-order valence-electron chi connectivity index (χ0n) is 15.7. The second kappa shape index (κ2) is 10.2. The average molecular weight is 471 g/mol. The summed E-state index contributed by atoms with van der Waals surface area (Å²) in [6, 6.07) is 19.2. The number of pyridine rings is 1. The molecular weight excluding hydrogens is 452 g/mol. The minimum atomic E-state index is -0.466. The zero-order chi connectivity index (χ0) is 20.6. The number of amides is 1. The predicted octanol–water partition coefficient (Wildman–Crippen LogP) is 5.03. The van der Waals surface area contributed by atoms with E-state index >= 15 is 0 Å². The summed E-state index contributed by atoms with van der Waals surface area (Å²) in [7, 11) is 0. The Kier molecular flexibility index (Phi) is 7.43. The molecule has 3 aromatic rings. The van der Waals surface area contributed by atoms with E-state index < -0.39 is 5.97 Å². The molecule has 0 saturated carbocycles. The lowest BCUT2D eigenvalue weighted by Gasteiger charge is -2.08. The van der Waals surface area contributed by atoms with Crippen LogP contribution in [0.2, 0.25) is 0 Å². The number of nitrogens with one attached hydrogen (secondary N) is 1. The van der Waals surface area contributed by atoms with E-state index in [0.29, 0.717) is 5.69 Å². The van der Waals surface area contributed by atoms with Crippen LogP contribution >= 0.6 is 27.7 Å². The molecule has 0 aliphatic heterocycles. The van der Waals surface area contributed by atoms with E-state index in [4.69, 9.17) is 4.74 Å². The molecule has 1 amide bonds. The molecule has 0 aliphatic rings. The lowest BCUT2D eigenvalue weighted by molar-refractivity contribution is -0.146. The first-order valence-corrected chi connectivity index (χ1v) is 10.5. The molecule has 0 aliphatic carbocycles. The predicted molar refractivity (Wildman–Crippen MR) is 117 cm³/mol. The van der Waals surface area contributed by atoms with Gasteiger partial charge >= 0.3 is 5.97 Å². The number of carbonyl (C=O) groups is 2. The lowest BCUT2D eigenvalue weighted by Crippen LogP contribution is -2.21. The summed E-state index contributed by atoms with van der Waals surface area (Å²) in [6.07, 6.45) is 1.72. The van der Waals surface area contributed by atoms with Gasteiger partial charge in [-0.05, 0) is 67.1 Å². The summed E-state index contributed by atoms with van der Waals surface area (Å²) in [5.74, 6) is -0.847. The van der Waals surface area contributed by atoms with Crippen LogP contribution in [0.3, 0.4) is 0 Å². The fourth-order valence-electron chi connectivity index (χ4n) is 2.41. The number of nitrogens with zero attached hydrogens (tertiary/aromatic N) is 1. The van der Waals surface area contributed by atoms with Crippen molar-refractivity contribution in [1.29, 1.82) is 0 Å². The van der Waals surface area contributed by atoms with Crippen LogP contribution < -0.4 is 5.32 Å². The molecule has 3 rings (SSSR count). The van der Waals surface area contributed by atoms with Crippen LogP contribution in [0.15, 0.2) is 81.1 Å². The SMILES string of the molecule is Cc1ccc(CC(=O)OCC(=O)Nc2ccc(Sc3ccc(Br)cc3)cc2)cn1. The molecule has 0 saturated heterocycles. The van der Waals surface area contributed by atoms with Crippen molar-refractivity contribution in [2.24, 2.45) is 0 Å². The Morgan fingerprint density at radius 2 is 1.66 bits per heavy atom. The molecule has 148 valence electrons. The van der Waals surface area contributed by atoms with Gasteiger partial charge in [-0.25, -0.2) is 0 Å². The first-order chi connectivity index (χ1) is 14.0. The summed E-state index contributed by atoms with van der Waals surface area (Å²) < 4.78 is 6.07. The van der Waals surface area contributed by atoms with E-state index in [1.807, 2.05) is 67.6 Å². The van der Waals surface area contributed by atoms with E-state index in [9.17, 15) is 9.59 Å².